The van der Waals surface area contributed by atoms with Gasteiger partial charge in [-0.05, 0) is 37.1 Å². The number of hydrogen-bond donors (Lipinski definition) is 1. The van der Waals surface area contributed by atoms with Crippen LogP contribution in [0.1, 0.15) is 25.1 Å². The van der Waals surface area contributed by atoms with Gasteiger partial charge in [0.25, 0.3) is 0 Å². The minimum Gasteiger partial charge on any atom is -0.493 e. The molecule has 4 aromatic rings. The third kappa shape index (κ3) is 3.84. The zero-order valence-electron chi connectivity index (χ0n) is 16.0. The van der Waals surface area contributed by atoms with Crippen molar-refractivity contribution in [3.63, 3.8) is 0 Å². The van der Waals surface area contributed by atoms with Crippen molar-refractivity contribution in [3.05, 3.63) is 53.1 Å². The minimum absolute atomic E-state index is 0.442. The highest BCUT2D eigenvalue weighted by Crippen LogP contribution is 2.26. The van der Waals surface area contributed by atoms with Gasteiger partial charge in [-0.3, -0.25) is 4.68 Å². The number of ether oxygens (including phenoxy) is 1. The van der Waals surface area contributed by atoms with Crippen LogP contribution < -0.4 is 4.74 Å². The van der Waals surface area contributed by atoms with Gasteiger partial charge in [0.2, 0.25) is 0 Å². The summed E-state index contributed by atoms with van der Waals surface area (Å²) in [6.45, 7) is 7.46. The van der Waals surface area contributed by atoms with E-state index in [0.29, 0.717) is 35.6 Å². The van der Waals surface area contributed by atoms with E-state index in [4.69, 9.17) is 21.4 Å². The van der Waals surface area contributed by atoms with Crippen molar-refractivity contribution in [3.8, 4) is 17.3 Å². The Morgan fingerprint density at radius 2 is 2.11 bits per heavy atom. The van der Waals surface area contributed by atoms with E-state index in [2.05, 4.69) is 33.8 Å². The Kier molecular flexibility index (Phi) is 5.00. The van der Waals surface area contributed by atoms with E-state index < -0.39 is 0 Å². The normalized spacial score (nSPS) is 11.5. The second-order valence-corrected chi connectivity index (χ2v) is 7.57. The zero-order chi connectivity index (χ0) is 19.7. The van der Waals surface area contributed by atoms with E-state index in [1.807, 2.05) is 35.9 Å². The predicted molar refractivity (Wildman–Crippen MR) is 109 cm³/mol. The molecule has 3 heterocycles. The molecule has 0 radical (unpaired) electrons. The number of imidazole rings is 1. The molecular formula is C20H21ClN6O. The van der Waals surface area contributed by atoms with Crippen molar-refractivity contribution in [1.82, 2.24) is 29.7 Å². The average Bonchev–Trinajstić information content (AvgIpc) is 3.24. The summed E-state index contributed by atoms with van der Waals surface area (Å²) in [6, 6.07) is 7.67. The first kappa shape index (κ1) is 18.4. The lowest BCUT2D eigenvalue weighted by molar-refractivity contribution is 0.268. The van der Waals surface area contributed by atoms with Crippen molar-refractivity contribution in [1.29, 1.82) is 0 Å². The van der Waals surface area contributed by atoms with Crippen molar-refractivity contribution in [2.75, 3.05) is 6.61 Å². The molecule has 144 valence electrons. The van der Waals surface area contributed by atoms with E-state index >= 15 is 0 Å². The van der Waals surface area contributed by atoms with E-state index in [0.717, 1.165) is 28.2 Å². The van der Waals surface area contributed by atoms with Crippen LogP contribution >= 0.6 is 11.6 Å². The Hall–Kier alpha value is -2.93. The van der Waals surface area contributed by atoms with Crippen LogP contribution in [0.2, 0.25) is 5.02 Å². The fourth-order valence-electron chi connectivity index (χ4n) is 2.90. The number of H-pyrrole nitrogens is 1. The summed E-state index contributed by atoms with van der Waals surface area (Å²) in [5, 5.41) is 5.39. The van der Waals surface area contributed by atoms with Crippen molar-refractivity contribution < 1.29 is 4.74 Å². The number of benzene rings is 1. The van der Waals surface area contributed by atoms with Crippen LogP contribution in [0.4, 0.5) is 0 Å². The molecule has 0 atom stereocenters. The van der Waals surface area contributed by atoms with Crippen LogP contribution in [0, 0.1) is 12.8 Å². The van der Waals surface area contributed by atoms with Crippen molar-refractivity contribution >= 4 is 22.8 Å². The van der Waals surface area contributed by atoms with Crippen LogP contribution in [-0.4, -0.2) is 36.3 Å². The fourth-order valence-corrected chi connectivity index (χ4v) is 3.09. The molecule has 0 fully saturated rings. The molecule has 0 amide bonds. The van der Waals surface area contributed by atoms with Gasteiger partial charge in [-0.1, -0.05) is 25.4 Å². The van der Waals surface area contributed by atoms with E-state index in [1.54, 1.807) is 6.20 Å². The van der Waals surface area contributed by atoms with E-state index in [1.165, 1.54) is 6.33 Å². The van der Waals surface area contributed by atoms with Crippen molar-refractivity contribution in [2.24, 2.45) is 5.92 Å². The van der Waals surface area contributed by atoms with Gasteiger partial charge in [0, 0.05) is 16.3 Å². The minimum atomic E-state index is 0.442. The SMILES string of the molecule is Cc1cc(-c2nc3ncncc3[nH]2)nn1Cc1cc(Cl)ccc1OCC(C)C. The van der Waals surface area contributed by atoms with Gasteiger partial charge >= 0.3 is 0 Å². The Morgan fingerprint density at radius 1 is 1.25 bits per heavy atom. The molecule has 8 heteroatoms. The molecule has 1 N–H and O–H groups in total. The molecule has 0 bridgehead atoms. The Balaban J connectivity index is 1.63. The molecule has 0 unspecified atom stereocenters. The second kappa shape index (κ2) is 7.59. The number of rotatable bonds is 6. The number of aromatic amines is 1. The van der Waals surface area contributed by atoms with Gasteiger partial charge in [0.05, 0.1) is 19.3 Å². The van der Waals surface area contributed by atoms with Gasteiger partial charge in [0.1, 0.15) is 23.3 Å². The molecular weight excluding hydrogens is 376 g/mol. The maximum Gasteiger partial charge on any atom is 0.181 e. The van der Waals surface area contributed by atoms with Gasteiger partial charge < -0.3 is 9.72 Å². The molecule has 0 aliphatic heterocycles. The first-order valence-electron chi connectivity index (χ1n) is 9.11. The van der Waals surface area contributed by atoms with Gasteiger partial charge in [-0.15, -0.1) is 0 Å². The summed E-state index contributed by atoms with van der Waals surface area (Å²) in [7, 11) is 0. The lowest BCUT2D eigenvalue weighted by Crippen LogP contribution is -2.09. The summed E-state index contributed by atoms with van der Waals surface area (Å²) < 4.78 is 7.88. The smallest absolute Gasteiger partial charge is 0.181 e. The molecule has 0 spiro atoms. The summed E-state index contributed by atoms with van der Waals surface area (Å²) >= 11 is 6.22. The standard InChI is InChI=1S/C20H21ClN6O/c1-12(2)10-28-18-5-4-15(21)7-14(18)9-27-13(3)6-16(26-27)20-24-17-8-22-11-23-19(17)25-20/h4-8,11-12H,9-10H2,1-3H3,(H,22,23,24,25). The van der Waals surface area contributed by atoms with Crippen LogP contribution in [0.15, 0.2) is 36.8 Å². The number of halogens is 1. The Bertz CT molecular complexity index is 1080. The van der Waals surface area contributed by atoms with Gasteiger partial charge in [0.15, 0.2) is 11.5 Å². The molecule has 0 saturated heterocycles. The molecule has 0 aliphatic carbocycles. The zero-order valence-corrected chi connectivity index (χ0v) is 16.7. The third-order valence-corrected chi connectivity index (χ3v) is 4.54. The van der Waals surface area contributed by atoms with Gasteiger partial charge in [-0.25, -0.2) is 15.0 Å². The molecule has 7 nitrogen and oxygen atoms in total. The van der Waals surface area contributed by atoms with Crippen LogP contribution in [0.3, 0.4) is 0 Å². The van der Waals surface area contributed by atoms with E-state index in [9.17, 15) is 0 Å². The average molecular weight is 397 g/mol. The topological polar surface area (TPSA) is 81.5 Å². The maximum atomic E-state index is 6.22. The van der Waals surface area contributed by atoms with Crippen LogP contribution in [-0.2, 0) is 6.54 Å². The fraction of sp³-hybridized carbons (Fsp3) is 0.300. The number of aromatic nitrogens is 6. The Morgan fingerprint density at radius 3 is 2.89 bits per heavy atom. The summed E-state index contributed by atoms with van der Waals surface area (Å²) in [5.74, 6) is 1.94. The number of fused-ring (bicyclic) bond motifs is 1. The molecule has 0 aliphatic rings. The molecule has 3 aromatic heterocycles. The first-order valence-corrected chi connectivity index (χ1v) is 9.49. The summed E-state index contributed by atoms with van der Waals surface area (Å²) in [6.07, 6.45) is 3.18. The molecule has 28 heavy (non-hydrogen) atoms. The predicted octanol–water partition coefficient (Wildman–Crippen LogP) is 4.26. The number of nitrogens with zero attached hydrogens (tertiary/aromatic N) is 5. The maximum absolute atomic E-state index is 6.22. The van der Waals surface area contributed by atoms with Crippen LogP contribution in [0.25, 0.3) is 22.7 Å². The lowest BCUT2D eigenvalue weighted by atomic mass is 10.2. The largest absolute Gasteiger partial charge is 0.493 e. The van der Waals surface area contributed by atoms with Gasteiger partial charge in [-0.2, -0.15) is 5.10 Å². The number of aryl methyl sites for hydroxylation is 1. The van der Waals surface area contributed by atoms with Crippen molar-refractivity contribution in [2.45, 2.75) is 27.3 Å². The molecule has 1 aromatic carbocycles. The summed E-state index contributed by atoms with van der Waals surface area (Å²) in [5.41, 5.74) is 4.15. The van der Waals surface area contributed by atoms with E-state index in [-0.39, 0.29) is 0 Å². The quantitative estimate of drug-likeness (QED) is 0.526. The second-order valence-electron chi connectivity index (χ2n) is 7.13. The Labute approximate surface area is 167 Å². The summed E-state index contributed by atoms with van der Waals surface area (Å²) in [4.78, 5) is 15.9. The molecule has 4 rings (SSSR count). The molecule has 0 saturated carbocycles. The first-order chi connectivity index (χ1) is 13.5. The lowest BCUT2D eigenvalue weighted by Gasteiger charge is -2.14. The highest BCUT2D eigenvalue weighted by Gasteiger charge is 2.14. The number of nitrogens with one attached hydrogen (secondary N) is 1. The highest BCUT2D eigenvalue weighted by atomic mass is 35.5. The number of hydrogen-bond acceptors (Lipinski definition) is 5. The third-order valence-electron chi connectivity index (χ3n) is 4.30. The highest BCUT2D eigenvalue weighted by molar-refractivity contribution is 6.30. The monoisotopic (exact) mass is 396 g/mol. The van der Waals surface area contributed by atoms with Crippen LogP contribution in [0.5, 0.6) is 5.75 Å².